The highest BCUT2D eigenvalue weighted by Crippen LogP contribution is 2.31. The second kappa shape index (κ2) is 8.85. The maximum atomic E-state index is 13.1. The van der Waals surface area contributed by atoms with Crippen LogP contribution in [0.2, 0.25) is 0 Å². The molecule has 0 spiro atoms. The quantitative estimate of drug-likeness (QED) is 0.267. The fourth-order valence-electron chi connectivity index (χ4n) is 3.02. The minimum Gasteiger partial charge on any atom is -0.431 e. The number of benzene rings is 2. The van der Waals surface area contributed by atoms with E-state index in [-0.39, 0.29) is 5.56 Å². The van der Waals surface area contributed by atoms with Gasteiger partial charge in [-0.25, -0.2) is 13.8 Å². The van der Waals surface area contributed by atoms with E-state index in [1.807, 2.05) is 0 Å². The molecule has 172 valence electrons. The molecule has 1 N–H and O–H groups in total. The van der Waals surface area contributed by atoms with Crippen LogP contribution in [0, 0.1) is 0 Å². The van der Waals surface area contributed by atoms with E-state index in [4.69, 9.17) is 4.42 Å². The molecule has 0 unspecified atom stereocenters. The Morgan fingerprint density at radius 1 is 1.18 bits per heavy atom. The number of hydrogen-bond donors (Lipinski definition) is 1. The van der Waals surface area contributed by atoms with E-state index in [2.05, 4.69) is 15.4 Å². The molecule has 0 radical (unpaired) electrons. The van der Waals surface area contributed by atoms with Crippen molar-refractivity contribution >= 4 is 34.5 Å². The highest BCUT2D eigenvalue weighted by molar-refractivity contribution is 7.98. The summed E-state index contributed by atoms with van der Waals surface area (Å²) in [5.41, 5.74) is 0.263. The Balaban J connectivity index is 1.45. The van der Waals surface area contributed by atoms with Crippen molar-refractivity contribution in [3.8, 4) is 0 Å². The number of carbonyl (C=O) groups is 1. The lowest BCUT2D eigenvalue weighted by molar-refractivity contribution is -0.137. The largest absolute Gasteiger partial charge is 0.431 e. The van der Waals surface area contributed by atoms with Crippen LogP contribution >= 0.6 is 11.8 Å². The summed E-state index contributed by atoms with van der Waals surface area (Å²) in [6.07, 6.45) is -6.08. The number of alkyl halides is 5. The van der Waals surface area contributed by atoms with E-state index < -0.39 is 29.8 Å². The minimum absolute atomic E-state index is 0.236. The minimum atomic E-state index is -4.39. The van der Waals surface area contributed by atoms with Gasteiger partial charge in [0.2, 0.25) is 0 Å². The number of anilines is 1. The van der Waals surface area contributed by atoms with Gasteiger partial charge >= 0.3 is 6.18 Å². The van der Waals surface area contributed by atoms with Gasteiger partial charge in [0.1, 0.15) is 11.2 Å². The number of rotatable bonds is 6. The third kappa shape index (κ3) is 5.16. The Morgan fingerprint density at radius 2 is 1.91 bits per heavy atom. The zero-order chi connectivity index (χ0) is 23.8. The normalized spacial score (nSPS) is 12.0. The number of aryl methyl sites for hydroxylation is 1. The predicted octanol–water partition coefficient (Wildman–Crippen LogP) is 6.06. The summed E-state index contributed by atoms with van der Waals surface area (Å²) in [4.78, 5) is 16.7. The van der Waals surface area contributed by atoms with Gasteiger partial charge in [-0.05, 0) is 35.9 Å². The summed E-state index contributed by atoms with van der Waals surface area (Å²) < 4.78 is 70.9. The van der Waals surface area contributed by atoms with Crippen LogP contribution in [-0.4, -0.2) is 20.7 Å². The number of amides is 1. The Morgan fingerprint density at radius 3 is 2.58 bits per heavy atom. The third-order valence-electron chi connectivity index (χ3n) is 4.58. The number of aromatic nitrogens is 3. The van der Waals surface area contributed by atoms with Crippen molar-refractivity contribution in [2.45, 2.75) is 23.6 Å². The molecule has 12 heteroatoms. The first-order valence-electron chi connectivity index (χ1n) is 9.43. The van der Waals surface area contributed by atoms with Gasteiger partial charge in [-0.15, -0.1) is 0 Å². The van der Waals surface area contributed by atoms with Crippen LogP contribution in [-0.2, 0) is 19.0 Å². The first kappa shape index (κ1) is 22.8. The van der Waals surface area contributed by atoms with Crippen LogP contribution in [0.25, 0.3) is 11.1 Å². The highest BCUT2D eigenvalue weighted by Gasteiger charge is 2.30. The second-order valence-corrected chi connectivity index (χ2v) is 7.93. The molecule has 4 aromatic rings. The Hall–Kier alpha value is -3.41. The summed E-state index contributed by atoms with van der Waals surface area (Å²) in [5.74, 6) is -0.399. The molecular weight excluding hydrogens is 467 g/mol. The molecule has 1 amide bonds. The number of thioether (sulfide) groups is 1. The molecule has 0 fully saturated rings. The highest BCUT2D eigenvalue weighted by atomic mass is 32.2. The van der Waals surface area contributed by atoms with Crippen LogP contribution < -0.4 is 5.32 Å². The number of oxazole rings is 1. The van der Waals surface area contributed by atoms with Crippen LogP contribution in [0.3, 0.4) is 0 Å². The summed E-state index contributed by atoms with van der Waals surface area (Å²) >= 11 is 1.20. The van der Waals surface area contributed by atoms with Crippen molar-refractivity contribution in [3.05, 3.63) is 71.0 Å². The lowest BCUT2D eigenvalue weighted by Crippen LogP contribution is -2.13. The van der Waals surface area contributed by atoms with Crippen molar-refractivity contribution in [1.82, 2.24) is 14.8 Å². The zero-order valence-electron chi connectivity index (χ0n) is 16.9. The number of fused-ring (bicyclic) bond motifs is 1. The lowest BCUT2D eigenvalue weighted by Gasteiger charge is -2.06. The molecule has 0 bridgehead atoms. The van der Waals surface area contributed by atoms with Crippen molar-refractivity contribution in [2.24, 2.45) is 7.05 Å². The van der Waals surface area contributed by atoms with Crippen molar-refractivity contribution in [3.63, 3.8) is 0 Å². The Bertz CT molecular complexity index is 1300. The third-order valence-corrected chi connectivity index (χ3v) is 5.48. The average Bonchev–Trinajstić information content (AvgIpc) is 3.35. The van der Waals surface area contributed by atoms with Crippen molar-refractivity contribution in [1.29, 1.82) is 0 Å². The van der Waals surface area contributed by atoms with Gasteiger partial charge in [-0.1, -0.05) is 23.9 Å². The molecule has 0 atom stereocenters. The molecule has 6 nitrogen and oxygen atoms in total. The van der Waals surface area contributed by atoms with E-state index in [1.165, 1.54) is 49.3 Å². The monoisotopic (exact) mass is 482 g/mol. The van der Waals surface area contributed by atoms with Gasteiger partial charge in [0, 0.05) is 24.7 Å². The lowest BCUT2D eigenvalue weighted by atomic mass is 10.1. The van der Waals surface area contributed by atoms with Crippen LogP contribution in [0.5, 0.6) is 0 Å². The standard InChI is InChI=1S/C21H15F5N4O2S/c1-30-9-14(17(29-30)18(22)23)19(31)27-13-6-7-16-15(8-13)28-20(32-16)33-10-11-2-4-12(5-3-11)21(24,25)26/h2-9,18H,10H2,1H3,(H,27,31). The molecule has 2 heterocycles. The first-order valence-corrected chi connectivity index (χ1v) is 10.4. The predicted molar refractivity (Wildman–Crippen MR) is 111 cm³/mol. The molecule has 4 rings (SSSR count). The molecule has 2 aromatic heterocycles. The van der Waals surface area contributed by atoms with Crippen LogP contribution in [0.4, 0.5) is 27.6 Å². The van der Waals surface area contributed by atoms with Gasteiger partial charge in [0.05, 0.1) is 11.1 Å². The average molecular weight is 482 g/mol. The molecule has 0 aliphatic rings. The van der Waals surface area contributed by atoms with E-state index in [0.29, 0.717) is 33.3 Å². The van der Waals surface area contributed by atoms with E-state index in [0.717, 1.165) is 16.8 Å². The van der Waals surface area contributed by atoms with E-state index >= 15 is 0 Å². The van der Waals surface area contributed by atoms with Gasteiger partial charge < -0.3 is 9.73 Å². The topological polar surface area (TPSA) is 73.0 Å². The summed E-state index contributed by atoms with van der Waals surface area (Å²) in [5, 5.41) is 6.44. The fraction of sp³-hybridized carbons (Fsp3) is 0.190. The number of hydrogen-bond acceptors (Lipinski definition) is 5. The van der Waals surface area contributed by atoms with E-state index in [1.54, 1.807) is 6.07 Å². The molecule has 0 aliphatic heterocycles. The smallest absolute Gasteiger partial charge is 0.416 e. The summed E-state index contributed by atoms with van der Waals surface area (Å²) in [7, 11) is 1.44. The maximum absolute atomic E-state index is 13.1. The van der Waals surface area contributed by atoms with Crippen molar-refractivity contribution < 1.29 is 31.2 Å². The molecular formula is C21H15F5N4O2S. The van der Waals surface area contributed by atoms with Crippen LogP contribution in [0.15, 0.2) is 58.3 Å². The van der Waals surface area contributed by atoms with Crippen molar-refractivity contribution in [2.75, 3.05) is 5.32 Å². The Labute approximate surface area is 187 Å². The number of carbonyl (C=O) groups excluding carboxylic acids is 1. The number of nitrogens with zero attached hydrogens (tertiary/aromatic N) is 3. The van der Waals surface area contributed by atoms with Gasteiger partial charge in [-0.3, -0.25) is 9.48 Å². The Kier molecular flexibility index (Phi) is 6.11. The molecule has 33 heavy (non-hydrogen) atoms. The molecule has 2 aromatic carbocycles. The van der Waals surface area contributed by atoms with Gasteiger partial charge in [0.25, 0.3) is 17.6 Å². The molecule has 0 saturated heterocycles. The van der Waals surface area contributed by atoms with Gasteiger partial charge in [0.15, 0.2) is 5.58 Å². The number of halogens is 5. The fourth-order valence-corrected chi connectivity index (χ4v) is 3.82. The SMILES string of the molecule is Cn1cc(C(=O)Nc2ccc3oc(SCc4ccc(C(F)(F)F)cc4)nc3c2)c(C(F)F)n1. The molecule has 0 saturated carbocycles. The molecule has 0 aliphatic carbocycles. The number of nitrogens with one attached hydrogen (secondary N) is 1. The van der Waals surface area contributed by atoms with E-state index in [9.17, 15) is 26.7 Å². The van der Waals surface area contributed by atoms with Crippen LogP contribution in [0.1, 0.15) is 33.6 Å². The first-order chi connectivity index (χ1) is 15.6. The summed E-state index contributed by atoms with van der Waals surface area (Å²) in [6.45, 7) is 0. The summed E-state index contributed by atoms with van der Waals surface area (Å²) in [6, 6.07) is 9.43. The zero-order valence-corrected chi connectivity index (χ0v) is 17.7. The van der Waals surface area contributed by atoms with Gasteiger partial charge in [-0.2, -0.15) is 18.3 Å². The second-order valence-electron chi connectivity index (χ2n) is 7.00. The maximum Gasteiger partial charge on any atom is 0.416 e.